The number of rotatable bonds is 8. The molecule has 0 aliphatic heterocycles. The van der Waals surface area contributed by atoms with Crippen molar-refractivity contribution in [2.24, 2.45) is 0 Å². The largest absolute Gasteiger partial charge is 0.493 e. The fourth-order valence-electron chi connectivity index (χ4n) is 2.76. The second-order valence-corrected chi connectivity index (χ2v) is 6.34. The van der Waals surface area contributed by atoms with Crippen molar-refractivity contribution >= 4 is 11.6 Å². The highest BCUT2D eigenvalue weighted by Crippen LogP contribution is 2.40. The molecule has 1 N–H and O–H groups in total. The first kappa shape index (κ1) is 20.2. The Bertz CT molecular complexity index is 957. The van der Waals surface area contributed by atoms with E-state index in [1.165, 1.54) is 21.3 Å². The monoisotopic (exact) mass is 397 g/mol. The smallest absolute Gasteiger partial charge is 0.227 e. The van der Waals surface area contributed by atoms with Crippen LogP contribution in [0.2, 0.25) is 0 Å². The number of hydrogen-bond acceptors (Lipinski definition) is 7. The first-order chi connectivity index (χ1) is 14.0. The van der Waals surface area contributed by atoms with Crippen molar-refractivity contribution in [2.75, 3.05) is 26.6 Å². The Morgan fingerprint density at radius 1 is 1.03 bits per heavy atom. The molecule has 0 saturated heterocycles. The Morgan fingerprint density at radius 3 is 2.28 bits per heavy atom. The molecule has 0 aliphatic carbocycles. The van der Waals surface area contributed by atoms with E-state index in [1.807, 2.05) is 31.2 Å². The number of methoxy groups -OCH3 is 3. The first-order valence-electron chi connectivity index (χ1n) is 9.03. The van der Waals surface area contributed by atoms with Crippen LogP contribution in [0, 0.1) is 6.92 Å². The van der Waals surface area contributed by atoms with E-state index in [0.717, 1.165) is 11.3 Å². The second-order valence-electron chi connectivity index (χ2n) is 6.34. The minimum absolute atomic E-state index is 0.124. The number of aromatic nitrogens is 2. The molecule has 152 valence electrons. The molecule has 0 bridgehead atoms. The molecule has 8 nitrogen and oxygen atoms in total. The van der Waals surface area contributed by atoms with Gasteiger partial charge in [-0.2, -0.15) is 4.98 Å². The average Bonchev–Trinajstić information content (AvgIpc) is 3.22. The summed E-state index contributed by atoms with van der Waals surface area (Å²) in [5, 5.41) is 6.84. The molecule has 29 heavy (non-hydrogen) atoms. The molecule has 3 rings (SSSR count). The normalized spacial score (nSPS) is 10.5. The lowest BCUT2D eigenvalue weighted by Gasteiger charge is -2.12. The number of nitrogens with one attached hydrogen (secondary N) is 1. The highest BCUT2D eigenvalue weighted by atomic mass is 16.5. The number of carbonyl (C=O) groups excluding carboxylic acids is 1. The summed E-state index contributed by atoms with van der Waals surface area (Å²) in [7, 11) is 4.61. The van der Waals surface area contributed by atoms with Gasteiger partial charge in [-0.15, -0.1) is 0 Å². The van der Waals surface area contributed by atoms with E-state index in [-0.39, 0.29) is 12.3 Å². The van der Waals surface area contributed by atoms with E-state index in [9.17, 15) is 4.79 Å². The summed E-state index contributed by atoms with van der Waals surface area (Å²) in [5.41, 5.74) is 2.54. The zero-order valence-corrected chi connectivity index (χ0v) is 16.8. The van der Waals surface area contributed by atoms with Crippen LogP contribution < -0.4 is 19.5 Å². The van der Waals surface area contributed by atoms with E-state index in [4.69, 9.17) is 18.7 Å². The van der Waals surface area contributed by atoms with Crippen LogP contribution in [-0.4, -0.2) is 37.4 Å². The average molecular weight is 397 g/mol. The highest BCUT2D eigenvalue weighted by Gasteiger charge is 2.17. The van der Waals surface area contributed by atoms with Gasteiger partial charge in [0.1, 0.15) is 0 Å². The Morgan fingerprint density at radius 2 is 1.69 bits per heavy atom. The van der Waals surface area contributed by atoms with E-state index in [2.05, 4.69) is 15.5 Å². The summed E-state index contributed by atoms with van der Waals surface area (Å²) >= 11 is 0. The maximum absolute atomic E-state index is 12.1. The standard InChI is InChI=1S/C21H23N3O5/c1-13-5-7-15(8-6-13)22-18(25)9-10-19-23-21(24-29-19)14-11-16(26-2)20(28-4)17(12-14)27-3/h5-8,11-12H,9-10H2,1-4H3,(H,22,25). The summed E-state index contributed by atoms with van der Waals surface area (Å²) in [6, 6.07) is 11.1. The van der Waals surface area contributed by atoms with Crippen molar-refractivity contribution in [3.05, 3.63) is 47.9 Å². The molecule has 1 amide bonds. The van der Waals surface area contributed by atoms with Crippen LogP contribution in [-0.2, 0) is 11.2 Å². The van der Waals surface area contributed by atoms with E-state index < -0.39 is 0 Å². The number of amides is 1. The van der Waals surface area contributed by atoms with Crippen molar-refractivity contribution in [3.63, 3.8) is 0 Å². The summed E-state index contributed by atoms with van der Waals surface area (Å²) < 4.78 is 21.3. The van der Waals surface area contributed by atoms with Gasteiger partial charge in [-0.05, 0) is 31.2 Å². The van der Waals surface area contributed by atoms with Crippen molar-refractivity contribution in [1.82, 2.24) is 10.1 Å². The molecular weight excluding hydrogens is 374 g/mol. The van der Waals surface area contributed by atoms with Gasteiger partial charge in [0, 0.05) is 24.1 Å². The fraction of sp³-hybridized carbons (Fsp3) is 0.286. The van der Waals surface area contributed by atoms with Crippen molar-refractivity contribution in [1.29, 1.82) is 0 Å². The highest BCUT2D eigenvalue weighted by molar-refractivity contribution is 5.90. The number of anilines is 1. The summed E-state index contributed by atoms with van der Waals surface area (Å²) in [6.45, 7) is 1.99. The Kier molecular flexibility index (Phi) is 6.33. The Labute approximate surface area is 168 Å². The zero-order valence-electron chi connectivity index (χ0n) is 16.8. The molecule has 0 radical (unpaired) electrons. The molecule has 0 saturated carbocycles. The lowest BCUT2D eigenvalue weighted by Crippen LogP contribution is -2.12. The minimum Gasteiger partial charge on any atom is -0.493 e. The third-order valence-electron chi connectivity index (χ3n) is 4.29. The summed E-state index contributed by atoms with van der Waals surface area (Å²) in [6.07, 6.45) is 0.555. The van der Waals surface area contributed by atoms with Gasteiger partial charge in [-0.1, -0.05) is 22.9 Å². The van der Waals surface area contributed by atoms with Crippen LogP contribution in [0.5, 0.6) is 17.2 Å². The molecule has 8 heteroatoms. The topological polar surface area (TPSA) is 95.7 Å². The Balaban J connectivity index is 1.67. The lowest BCUT2D eigenvalue weighted by atomic mass is 10.1. The molecule has 0 spiro atoms. The first-order valence-corrected chi connectivity index (χ1v) is 9.03. The van der Waals surface area contributed by atoms with Crippen LogP contribution in [0.25, 0.3) is 11.4 Å². The molecule has 2 aromatic carbocycles. The minimum atomic E-state index is -0.124. The van der Waals surface area contributed by atoms with Gasteiger partial charge in [-0.25, -0.2) is 0 Å². The number of benzene rings is 2. The number of carbonyl (C=O) groups is 1. The van der Waals surface area contributed by atoms with E-state index >= 15 is 0 Å². The van der Waals surface area contributed by atoms with Gasteiger partial charge in [0.2, 0.25) is 23.4 Å². The maximum Gasteiger partial charge on any atom is 0.227 e. The molecule has 0 aliphatic rings. The Hall–Kier alpha value is -3.55. The number of nitrogens with zero attached hydrogens (tertiary/aromatic N) is 2. The second kappa shape index (κ2) is 9.09. The summed E-state index contributed by atoms with van der Waals surface area (Å²) in [4.78, 5) is 16.5. The molecule has 1 heterocycles. The molecule has 0 fully saturated rings. The van der Waals surface area contributed by atoms with Crippen molar-refractivity contribution in [2.45, 2.75) is 19.8 Å². The van der Waals surface area contributed by atoms with Gasteiger partial charge in [0.25, 0.3) is 0 Å². The van der Waals surface area contributed by atoms with Gasteiger partial charge < -0.3 is 24.1 Å². The van der Waals surface area contributed by atoms with Gasteiger partial charge in [0.05, 0.1) is 21.3 Å². The van der Waals surface area contributed by atoms with E-state index in [1.54, 1.807) is 12.1 Å². The number of ether oxygens (including phenoxy) is 3. The van der Waals surface area contributed by atoms with Crippen LogP contribution in [0.15, 0.2) is 40.9 Å². The molecule has 1 aromatic heterocycles. The molecule has 0 unspecified atom stereocenters. The summed E-state index contributed by atoms with van der Waals surface area (Å²) in [5.74, 6) is 2.08. The van der Waals surface area contributed by atoms with Crippen molar-refractivity contribution in [3.8, 4) is 28.6 Å². The predicted octanol–water partition coefficient (Wildman–Crippen LogP) is 3.64. The predicted molar refractivity (Wildman–Crippen MR) is 108 cm³/mol. The van der Waals surface area contributed by atoms with Crippen LogP contribution in [0.3, 0.4) is 0 Å². The van der Waals surface area contributed by atoms with Gasteiger partial charge in [-0.3, -0.25) is 4.79 Å². The molecular formula is C21H23N3O5. The van der Waals surface area contributed by atoms with Crippen LogP contribution in [0.4, 0.5) is 5.69 Å². The van der Waals surface area contributed by atoms with Gasteiger partial charge >= 0.3 is 0 Å². The number of hydrogen-bond donors (Lipinski definition) is 1. The molecule has 0 atom stereocenters. The lowest BCUT2D eigenvalue weighted by molar-refractivity contribution is -0.116. The van der Waals surface area contributed by atoms with Crippen LogP contribution in [0.1, 0.15) is 17.9 Å². The SMILES string of the molecule is COc1cc(-c2noc(CCC(=O)Nc3ccc(C)cc3)n2)cc(OC)c1OC. The van der Waals surface area contributed by atoms with E-state index in [0.29, 0.717) is 40.9 Å². The zero-order chi connectivity index (χ0) is 20.8. The third kappa shape index (κ3) is 4.84. The number of aryl methyl sites for hydroxylation is 2. The molecule has 3 aromatic rings. The fourth-order valence-corrected chi connectivity index (χ4v) is 2.76. The third-order valence-corrected chi connectivity index (χ3v) is 4.29. The maximum atomic E-state index is 12.1. The van der Waals surface area contributed by atoms with Crippen molar-refractivity contribution < 1.29 is 23.5 Å². The van der Waals surface area contributed by atoms with Gasteiger partial charge in [0.15, 0.2) is 11.5 Å². The quantitative estimate of drug-likeness (QED) is 0.620. The van der Waals surface area contributed by atoms with Crippen LogP contribution >= 0.6 is 0 Å².